The predicted octanol–water partition coefficient (Wildman–Crippen LogP) is 5.16. The maximum atomic E-state index is 13.2. The molecule has 6 atom stereocenters. The second kappa shape index (κ2) is 31.0. The van der Waals surface area contributed by atoms with Gasteiger partial charge < -0.3 is 59.2 Å². The highest BCUT2D eigenvalue weighted by Gasteiger charge is 2.58. The van der Waals surface area contributed by atoms with Crippen LogP contribution < -0.4 is 31.2 Å². The van der Waals surface area contributed by atoms with Crippen LogP contribution in [-0.2, 0) is 69.3 Å². The number of aromatic nitrogens is 4. The van der Waals surface area contributed by atoms with Crippen LogP contribution in [-0.4, -0.2) is 184 Å². The molecule has 0 bridgehead atoms. The molecular weight excluding hydrogens is 1300 g/mol. The minimum atomic E-state index is -1.76. The number of carbonyl (C=O) groups excluding carboxylic acids is 4. The summed E-state index contributed by atoms with van der Waals surface area (Å²) in [5.41, 5.74) is 1.35. The number of aryl methyl sites for hydroxylation is 1. The van der Waals surface area contributed by atoms with Gasteiger partial charge in [0.05, 0.1) is 92.5 Å². The number of carboxylic acid groups (broad SMARTS) is 2. The van der Waals surface area contributed by atoms with E-state index in [0.717, 1.165) is 28.2 Å². The van der Waals surface area contributed by atoms with E-state index in [0.29, 0.717) is 74.8 Å². The normalized spacial score (nSPS) is 19.2. The lowest BCUT2D eigenvalue weighted by molar-refractivity contribution is -0.151. The van der Waals surface area contributed by atoms with Crippen molar-refractivity contribution >= 4 is 114 Å². The molecule has 4 unspecified atom stereocenters. The Morgan fingerprint density at radius 3 is 1.62 bits per heavy atom. The van der Waals surface area contributed by atoms with Crippen LogP contribution >= 0.6 is 34.8 Å². The largest absolute Gasteiger partial charge is 0.489 e. The summed E-state index contributed by atoms with van der Waals surface area (Å²) in [5.74, 6) is -4.81. The van der Waals surface area contributed by atoms with E-state index in [9.17, 15) is 57.0 Å². The molecule has 0 radical (unpaired) electrons. The van der Waals surface area contributed by atoms with Gasteiger partial charge in [0.25, 0.3) is 22.9 Å². The lowest BCUT2D eigenvalue weighted by Gasteiger charge is -2.49. The van der Waals surface area contributed by atoms with E-state index in [1.54, 1.807) is 42.5 Å². The van der Waals surface area contributed by atoms with Gasteiger partial charge in [-0.15, -0.1) is 0 Å². The summed E-state index contributed by atoms with van der Waals surface area (Å²) in [7, 11) is -3.46. The number of carboxylic acids is 2. The van der Waals surface area contributed by atoms with Crippen LogP contribution in [0.25, 0.3) is 44.6 Å². The van der Waals surface area contributed by atoms with Crippen LogP contribution in [0.5, 0.6) is 11.5 Å². The molecule has 4 aliphatic heterocycles. The highest BCUT2D eigenvalue weighted by atomic mass is 35.5. The number of benzene rings is 4. The van der Waals surface area contributed by atoms with Crippen LogP contribution in [0.4, 0.5) is 0 Å². The van der Waals surface area contributed by atoms with Gasteiger partial charge in [0.1, 0.15) is 83.8 Å². The number of β-lactam (4-membered cyclic amide) rings is 2. The Bertz CT molecular complexity index is 4160. The Kier molecular flexibility index (Phi) is 22.9. The molecule has 6 N–H and O–H groups in total. The first kappa shape index (κ1) is 68.2. The molecule has 2 fully saturated rings. The Hall–Kier alpha value is -8.19. The van der Waals surface area contributed by atoms with Gasteiger partial charge >= 0.3 is 11.9 Å². The fourth-order valence-electron chi connectivity index (χ4n) is 10.1. The summed E-state index contributed by atoms with van der Waals surface area (Å²) in [6.07, 6.45) is 4.68. The maximum absolute atomic E-state index is 13.2. The molecule has 2 aromatic heterocycles. The van der Waals surface area contributed by atoms with Crippen molar-refractivity contribution in [3.05, 3.63) is 149 Å². The quantitative estimate of drug-likeness (QED) is 0.0286. The second-order valence-electron chi connectivity index (χ2n) is 20.9. The molecule has 4 amide bonds. The summed E-state index contributed by atoms with van der Waals surface area (Å²) in [4.78, 5) is 117. The first-order valence-electron chi connectivity index (χ1n) is 28.6. The van der Waals surface area contributed by atoms with Crippen LogP contribution in [0.2, 0.25) is 15.1 Å². The molecule has 10 rings (SSSR count). The van der Waals surface area contributed by atoms with E-state index < -0.39 is 85.6 Å². The number of nitrogens with one attached hydrogen (secondary N) is 4. The summed E-state index contributed by atoms with van der Waals surface area (Å²) >= 11 is 18.5. The summed E-state index contributed by atoms with van der Waals surface area (Å²) < 4.78 is 59.3. The minimum Gasteiger partial charge on any atom is -0.489 e. The fraction of sp³-hybridized carbons (Fsp3) is 0.344. The van der Waals surface area contributed by atoms with E-state index in [1.165, 1.54) is 36.4 Å². The molecule has 6 aromatic rings. The number of aliphatic carboxylic acids is 2. The van der Waals surface area contributed by atoms with Crippen molar-refractivity contribution in [2.45, 2.75) is 56.4 Å². The molecule has 486 valence electrons. The van der Waals surface area contributed by atoms with E-state index >= 15 is 0 Å². The van der Waals surface area contributed by atoms with Gasteiger partial charge in [0, 0.05) is 33.9 Å². The van der Waals surface area contributed by atoms with Crippen molar-refractivity contribution < 1.29 is 75.8 Å². The van der Waals surface area contributed by atoms with Crippen molar-refractivity contribution in [2.75, 3.05) is 77.6 Å². The molecule has 2 saturated heterocycles. The molecule has 6 heterocycles. The number of fused-ring (bicyclic) bond motifs is 4. The average Bonchev–Trinajstić information content (AvgIpc) is 0.734. The minimum absolute atomic E-state index is 0.0474. The standard InChI is InChI=1S/C32H33ClN4O9S.C29H28Cl2N4O9S/c1-3-10-44-12-13-45-16-25(38)35-26-30(40)37-27(32(41)42)19(17-47(43)31(26)37)5-4-11-46-24-9-7-20(33)15-22(24)28-34-23-8-6-18(2)14-21(23)29(39)36-28;1-2-7-42-8-9-43-13-22(36)33-23-27(38)35-24(29(39)40)15(14-45(41)28(23)35)12-44-21-6-4-17(31)11-19(21)25-32-20-5-3-16(30)10-18(20)26(37)34-25/h4-9,14-15,26,31H,3,10-13,16-17H2,1-2H3,(H,35,38)(H,41,42)(H,34,36,39);3-6,10-11,23,28H,2,7-9,12-14H2,1H3,(H,33,36)(H,39,40)(H,32,34,37)/b5-4+;/t26-,31?,47?;23-,28?,45?/m11/s1. The van der Waals surface area contributed by atoms with Gasteiger partial charge in [-0.25, -0.2) is 19.6 Å². The number of rotatable bonds is 27. The van der Waals surface area contributed by atoms with E-state index in [2.05, 4.69) is 30.6 Å². The molecule has 0 aliphatic carbocycles. The first-order chi connectivity index (χ1) is 44.2. The number of ether oxygens (including phenoxy) is 6. The lowest BCUT2D eigenvalue weighted by Crippen LogP contribution is -2.74. The Morgan fingerprint density at radius 2 is 1.09 bits per heavy atom. The Morgan fingerprint density at radius 1 is 0.620 bits per heavy atom. The number of amides is 4. The first-order valence-corrected chi connectivity index (χ1v) is 32.5. The molecule has 31 heteroatoms. The zero-order valence-corrected chi connectivity index (χ0v) is 53.4. The van der Waals surface area contributed by atoms with E-state index in [1.807, 2.05) is 26.8 Å². The van der Waals surface area contributed by atoms with Crippen molar-refractivity contribution in [3.8, 4) is 34.3 Å². The monoisotopic (exact) mass is 1360 g/mol. The number of hydrogen-bond acceptors (Lipinski definition) is 18. The van der Waals surface area contributed by atoms with Gasteiger partial charge in [0.2, 0.25) is 11.8 Å². The van der Waals surface area contributed by atoms with E-state index in [4.69, 9.17) is 63.2 Å². The average molecular weight is 1360 g/mol. The van der Waals surface area contributed by atoms with Crippen LogP contribution in [0.15, 0.2) is 117 Å². The van der Waals surface area contributed by atoms with Gasteiger partial charge in [-0.2, -0.15) is 0 Å². The number of aromatic amines is 2. The number of hydrogen-bond donors (Lipinski definition) is 6. The molecule has 4 aliphatic rings. The zero-order chi connectivity index (χ0) is 65.9. The Balaban J connectivity index is 0.000000218. The number of nitrogens with zero attached hydrogens (tertiary/aromatic N) is 4. The summed E-state index contributed by atoms with van der Waals surface area (Å²) in [5, 5.41) is 24.7. The SMILES string of the molecule is CCCOCCOCC(=O)N[C@@H]1C(=O)N2C(C(=O)O)=C(/C=C/COc3ccc(Cl)cc3-c3nc4ccc(C)cc4c(=O)[nH]3)CS(=O)C12.CCCOCCOCC(=O)N[C@@H]1C(=O)N2C(C(=O)O)=C(COc3ccc(Cl)cc3-c3nc4ccc(Cl)cc4c(=O)[nH]3)CS(=O)C12. The van der Waals surface area contributed by atoms with Gasteiger partial charge in [0.15, 0.2) is 0 Å². The number of H-pyrrole nitrogens is 2. The lowest BCUT2D eigenvalue weighted by atomic mass is 10.0. The zero-order valence-electron chi connectivity index (χ0n) is 49.5. The third-order valence-corrected chi connectivity index (χ3v) is 18.3. The van der Waals surface area contributed by atoms with Crippen LogP contribution in [0.1, 0.15) is 32.3 Å². The Labute approximate surface area is 544 Å². The molecule has 4 aromatic carbocycles. The van der Waals surface area contributed by atoms with Gasteiger partial charge in [-0.05, 0) is 98.1 Å². The van der Waals surface area contributed by atoms with Crippen molar-refractivity contribution in [1.82, 2.24) is 40.4 Å². The molecule has 92 heavy (non-hydrogen) atoms. The smallest absolute Gasteiger partial charge is 0.352 e. The van der Waals surface area contributed by atoms with Crippen molar-refractivity contribution in [2.24, 2.45) is 0 Å². The fourth-order valence-corrected chi connectivity index (χ4v) is 13.9. The maximum Gasteiger partial charge on any atom is 0.352 e. The van der Waals surface area contributed by atoms with Gasteiger partial charge in [-0.1, -0.05) is 66.4 Å². The summed E-state index contributed by atoms with van der Waals surface area (Å²) in [6.45, 7) is 6.91. The number of carbonyl (C=O) groups is 6. The summed E-state index contributed by atoms with van der Waals surface area (Å²) in [6, 6.07) is 17.1. The third-order valence-electron chi connectivity index (χ3n) is 14.3. The van der Waals surface area contributed by atoms with Crippen molar-refractivity contribution in [1.29, 1.82) is 0 Å². The topological polar surface area (TPSA) is 354 Å². The molecule has 0 saturated carbocycles. The van der Waals surface area contributed by atoms with Gasteiger partial charge in [-0.3, -0.25) is 47.0 Å². The molecular formula is C61H61Cl3N8O18S2. The number of allylic oxidation sites excluding steroid dienone is 1. The highest BCUT2D eigenvalue weighted by Crippen LogP contribution is 2.39. The van der Waals surface area contributed by atoms with E-state index in [-0.39, 0.29) is 102 Å². The second-order valence-corrected chi connectivity index (χ2v) is 25.3. The highest BCUT2D eigenvalue weighted by molar-refractivity contribution is 7.86. The van der Waals surface area contributed by atoms with Crippen molar-refractivity contribution in [3.63, 3.8) is 0 Å². The van der Waals surface area contributed by atoms with Crippen LogP contribution in [0.3, 0.4) is 0 Å². The third kappa shape index (κ3) is 15.8. The van der Waals surface area contributed by atoms with Crippen LogP contribution in [0, 0.1) is 6.92 Å². The predicted molar refractivity (Wildman–Crippen MR) is 340 cm³/mol. The number of halogens is 3. The molecule has 26 nitrogen and oxygen atoms in total. The molecule has 0 spiro atoms.